The highest BCUT2D eigenvalue weighted by atomic mass is 16.5. The van der Waals surface area contributed by atoms with Crippen molar-refractivity contribution in [1.29, 1.82) is 0 Å². The first kappa shape index (κ1) is 9.37. The molecule has 0 N–H and O–H groups in total. The molecular weight excluding hydrogens is 188 g/mol. The van der Waals surface area contributed by atoms with E-state index in [1.165, 1.54) is 38.5 Å². The van der Waals surface area contributed by atoms with Crippen molar-refractivity contribution in [3.8, 4) is 0 Å². The minimum absolute atomic E-state index is 0.235. The topological polar surface area (TPSA) is 38.9 Å². The molecule has 1 aromatic rings. The fourth-order valence-corrected chi connectivity index (χ4v) is 3.21. The quantitative estimate of drug-likeness (QED) is 0.709. The summed E-state index contributed by atoms with van der Waals surface area (Å²) in [5, 5.41) is 3.93. The average Bonchev–Trinajstić information content (AvgIpc) is 2.67. The molecule has 3 saturated carbocycles. The van der Waals surface area contributed by atoms with E-state index in [1.807, 2.05) is 6.92 Å². The van der Waals surface area contributed by atoms with Crippen LogP contribution in [-0.4, -0.2) is 10.1 Å². The maximum Gasteiger partial charge on any atom is 0.232 e. The second kappa shape index (κ2) is 2.83. The summed E-state index contributed by atoms with van der Waals surface area (Å²) in [7, 11) is 0. The van der Waals surface area contributed by atoms with E-state index < -0.39 is 0 Å². The molecule has 3 fully saturated rings. The number of aromatic nitrogens is 2. The van der Waals surface area contributed by atoms with Gasteiger partial charge in [-0.15, -0.1) is 0 Å². The van der Waals surface area contributed by atoms with Gasteiger partial charge in [0.1, 0.15) is 0 Å². The van der Waals surface area contributed by atoms with Crippen LogP contribution in [-0.2, 0) is 5.41 Å². The molecule has 0 spiro atoms. The molecule has 0 aliphatic heterocycles. The summed E-state index contributed by atoms with van der Waals surface area (Å²) >= 11 is 0. The van der Waals surface area contributed by atoms with Crippen molar-refractivity contribution < 1.29 is 4.52 Å². The second-order valence-corrected chi connectivity index (χ2v) is 5.74. The first-order valence-electron chi connectivity index (χ1n) is 5.93. The van der Waals surface area contributed by atoms with E-state index in [-0.39, 0.29) is 5.41 Å². The Morgan fingerprint density at radius 1 is 1.07 bits per heavy atom. The summed E-state index contributed by atoms with van der Waals surface area (Å²) in [4.78, 5) is 4.45. The lowest BCUT2D eigenvalue weighted by atomic mass is 9.54. The predicted octanol–water partition coefficient (Wildman–Crippen LogP) is 2.99. The van der Waals surface area contributed by atoms with Crippen LogP contribution in [0, 0.1) is 12.3 Å². The molecule has 0 amide bonds. The highest BCUT2D eigenvalue weighted by Gasteiger charge is 2.49. The predicted molar refractivity (Wildman–Crippen MR) is 56.5 cm³/mol. The van der Waals surface area contributed by atoms with Crippen molar-refractivity contribution >= 4 is 0 Å². The fraction of sp³-hybridized carbons (Fsp3) is 0.833. The third-order valence-corrected chi connectivity index (χ3v) is 4.60. The largest absolute Gasteiger partial charge is 0.339 e. The number of hydrogen-bond acceptors (Lipinski definition) is 3. The van der Waals surface area contributed by atoms with Crippen LogP contribution in [0.15, 0.2) is 4.52 Å². The Balaban J connectivity index is 1.93. The van der Waals surface area contributed by atoms with Crippen LogP contribution in [0.2, 0.25) is 0 Å². The van der Waals surface area contributed by atoms with Gasteiger partial charge in [0, 0.05) is 5.41 Å². The number of nitrogens with zero attached hydrogens (tertiary/aromatic N) is 2. The van der Waals surface area contributed by atoms with Gasteiger partial charge in [-0.1, -0.05) is 12.1 Å². The molecule has 3 aliphatic carbocycles. The molecule has 4 rings (SSSR count). The molecule has 0 radical (unpaired) electrons. The third kappa shape index (κ3) is 1.32. The summed E-state index contributed by atoms with van der Waals surface area (Å²) in [6, 6.07) is 0. The Labute approximate surface area is 90.3 Å². The Kier molecular flexibility index (Phi) is 1.77. The van der Waals surface area contributed by atoms with E-state index in [4.69, 9.17) is 4.52 Å². The van der Waals surface area contributed by atoms with Crippen LogP contribution in [0.25, 0.3) is 0 Å². The molecule has 0 aromatic carbocycles. The maximum atomic E-state index is 5.39. The highest BCUT2D eigenvalue weighted by Crippen LogP contribution is 2.56. The number of hydrogen-bond donors (Lipinski definition) is 0. The van der Waals surface area contributed by atoms with Crippen molar-refractivity contribution in [1.82, 2.24) is 10.1 Å². The van der Waals surface area contributed by atoms with Crippen LogP contribution in [0.3, 0.4) is 0 Å². The molecule has 3 heteroatoms. The number of rotatable bonds is 1. The lowest BCUT2D eigenvalue weighted by molar-refractivity contribution is 0.0364. The zero-order chi connectivity index (χ0) is 10.5. The van der Waals surface area contributed by atoms with E-state index in [0.717, 1.165) is 11.7 Å². The molecule has 3 nitrogen and oxygen atoms in total. The molecule has 82 valence electrons. The standard InChI is InChI=1S/C12H18N2O/c1-9-13-10(15-14-9)12-6-3-11(2,4-7-12)5-8-12/h3-8H2,1-2H3. The zero-order valence-electron chi connectivity index (χ0n) is 9.55. The van der Waals surface area contributed by atoms with Crippen LogP contribution >= 0.6 is 0 Å². The summed E-state index contributed by atoms with van der Waals surface area (Å²) in [6.45, 7) is 4.33. The Morgan fingerprint density at radius 3 is 2.13 bits per heavy atom. The van der Waals surface area contributed by atoms with E-state index in [1.54, 1.807) is 0 Å². The monoisotopic (exact) mass is 206 g/mol. The van der Waals surface area contributed by atoms with Gasteiger partial charge < -0.3 is 4.52 Å². The van der Waals surface area contributed by atoms with Gasteiger partial charge in [0.05, 0.1) is 0 Å². The van der Waals surface area contributed by atoms with Gasteiger partial charge in [-0.3, -0.25) is 0 Å². The summed E-state index contributed by atoms with van der Waals surface area (Å²) in [5.41, 5.74) is 0.843. The van der Waals surface area contributed by atoms with Crippen molar-refractivity contribution in [3.63, 3.8) is 0 Å². The Morgan fingerprint density at radius 2 is 1.67 bits per heavy atom. The summed E-state index contributed by atoms with van der Waals surface area (Å²) in [5.74, 6) is 1.68. The van der Waals surface area contributed by atoms with E-state index in [0.29, 0.717) is 5.41 Å². The smallest absolute Gasteiger partial charge is 0.232 e. The molecular formula is C12H18N2O. The first-order valence-corrected chi connectivity index (χ1v) is 5.93. The first-order chi connectivity index (χ1) is 7.12. The van der Waals surface area contributed by atoms with Crippen LogP contribution < -0.4 is 0 Å². The highest BCUT2D eigenvalue weighted by molar-refractivity contribution is 5.12. The van der Waals surface area contributed by atoms with Gasteiger partial charge >= 0.3 is 0 Å². The maximum absolute atomic E-state index is 5.39. The minimum Gasteiger partial charge on any atom is -0.339 e. The normalized spacial score (nSPS) is 39.6. The van der Waals surface area contributed by atoms with Crippen molar-refractivity contribution in [2.75, 3.05) is 0 Å². The molecule has 0 unspecified atom stereocenters. The van der Waals surface area contributed by atoms with Gasteiger partial charge in [0.25, 0.3) is 0 Å². The molecule has 2 bridgehead atoms. The van der Waals surface area contributed by atoms with E-state index >= 15 is 0 Å². The second-order valence-electron chi connectivity index (χ2n) is 5.74. The Bertz CT molecular complexity index is 358. The van der Waals surface area contributed by atoms with Crippen LogP contribution in [0.5, 0.6) is 0 Å². The lowest BCUT2D eigenvalue weighted by Gasteiger charge is -2.50. The van der Waals surface area contributed by atoms with Crippen molar-refractivity contribution in [2.24, 2.45) is 5.41 Å². The van der Waals surface area contributed by atoms with Gasteiger partial charge in [0.2, 0.25) is 5.89 Å². The molecule has 0 saturated heterocycles. The lowest BCUT2D eigenvalue weighted by Crippen LogP contribution is -2.42. The minimum atomic E-state index is 0.235. The van der Waals surface area contributed by atoms with Gasteiger partial charge in [-0.25, -0.2) is 0 Å². The summed E-state index contributed by atoms with van der Waals surface area (Å²) < 4.78 is 5.39. The van der Waals surface area contributed by atoms with Crippen molar-refractivity contribution in [2.45, 2.75) is 57.8 Å². The summed E-state index contributed by atoms with van der Waals surface area (Å²) in [6.07, 6.45) is 7.71. The number of aryl methyl sites for hydroxylation is 1. The third-order valence-electron chi connectivity index (χ3n) is 4.60. The van der Waals surface area contributed by atoms with E-state index in [2.05, 4.69) is 17.1 Å². The SMILES string of the molecule is Cc1noc(C23CCC(C)(CC2)CC3)n1. The Hall–Kier alpha value is -0.860. The molecule has 1 aromatic heterocycles. The molecule has 15 heavy (non-hydrogen) atoms. The molecule has 3 aliphatic rings. The van der Waals surface area contributed by atoms with Crippen molar-refractivity contribution in [3.05, 3.63) is 11.7 Å². The average molecular weight is 206 g/mol. The van der Waals surface area contributed by atoms with Gasteiger partial charge in [-0.05, 0) is 50.9 Å². The van der Waals surface area contributed by atoms with E-state index in [9.17, 15) is 0 Å². The molecule has 0 atom stereocenters. The zero-order valence-corrected chi connectivity index (χ0v) is 9.55. The molecule has 1 heterocycles. The number of fused-ring (bicyclic) bond motifs is 3. The van der Waals surface area contributed by atoms with Gasteiger partial charge in [0.15, 0.2) is 5.82 Å². The van der Waals surface area contributed by atoms with Crippen LogP contribution in [0.1, 0.15) is 57.2 Å². The van der Waals surface area contributed by atoms with Crippen LogP contribution in [0.4, 0.5) is 0 Å². The fourth-order valence-electron chi connectivity index (χ4n) is 3.21. The van der Waals surface area contributed by atoms with Gasteiger partial charge in [-0.2, -0.15) is 4.98 Å².